The zero-order valence-corrected chi connectivity index (χ0v) is 16.6. The smallest absolute Gasteiger partial charge is 0.339 e. The first-order valence-electron chi connectivity index (χ1n) is 8.56. The van der Waals surface area contributed by atoms with Crippen molar-refractivity contribution in [1.29, 1.82) is 0 Å². The van der Waals surface area contributed by atoms with Crippen LogP contribution in [0.4, 0.5) is 0 Å². The summed E-state index contributed by atoms with van der Waals surface area (Å²) in [4.78, 5) is 29.1. The summed E-state index contributed by atoms with van der Waals surface area (Å²) in [5.74, 6) is -0.879. The molecule has 0 aliphatic heterocycles. The van der Waals surface area contributed by atoms with Gasteiger partial charge >= 0.3 is 5.97 Å². The van der Waals surface area contributed by atoms with Crippen LogP contribution in [0, 0.1) is 0 Å². The number of hydrogen-bond acceptors (Lipinski definition) is 4. The van der Waals surface area contributed by atoms with Crippen LogP contribution in [0.3, 0.4) is 0 Å². The monoisotopic (exact) mass is 426 g/mol. The minimum absolute atomic E-state index is 0.0121. The van der Waals surface area contributed by atoms with Crippen molar-refractivity contribution in [3.05, 3.63) is 64.6 Å². The number of fused-ring (bicyclic) bond motifs is 1. The lowest BCUT2D eigenvalue weighted by molar-refractivity contribution is -0.124. The summed E-state index contributed by atoms with van der Waals surface area (Å²) in [7, 11) is 0. The maximum absolute atomic E-state index is 12.6. The third kappa shape index (κ3) is 4.71. The van der Waals surface area contributed by atoms with Crippen molar-refractivity contribution in [1.82, 2.24) is 10.3 Å². The minimum Gasteiger partial charge on any atom is -0.452 e. The van der Waals surface area contributed by atoms with Gasteiger partial charge in [0.25, 0.3) is 5.91 Å². The lowest BCUT2D eigenvalue weighted by Gasteiger charge is -2.11. The number of hydrogen-bond donors (Lipinski definition) is 1. The van der Waals surface area contributed by atoms with Gasteiger partial charge in [-0.05, 0) is 38.1 Å². The molecule has 0 atom stereocenters. The molecule has 138 valence electrons. The Bertz CT molecular complexity index is 984. The molecule has 0 fully saturated rings. The second-order valence-corrected chi connectivity index (χ2v) is 7.29. The fourth-order valence-electron chi connectivity index (χ4n) is 2.69. The van der Waals surface area contributed by atoms with E-state index in [0.717, 1.165) is 10.0 Å². The summed E-state index contributed by atoms with van der Waals surface area (Å²) in [6.07, 6.45) is 0. The van der Waals surface area contributed by atoms with Crippen molar-refractivity contribution >= 4 is 38.7 Å². The van der Waals surface area contributed by atoms with Crippen LogP contribution in [0.1, 0.15) is 24.2 Å². The molecule has 0 spiro atoms. The van der Waals surface area contributed by atoms with E-state index in [2.05, 4.69) is 26.2 Å². The lowest BCUT2D eigenvalue weighted by atomic mass is 10.0. The topological polar surface area (TPSA) is 68.3 Å². The van der Waals surface area contributed by atoms with Crippen LogP contribution in [0.2, 0.25) is 0 Å². The Kier molecular flexibility index (Phi) is 5.86. The van der Waals surface area contributed by atoms with Gasteiger partial charge in [-0.3, -0.25) is 4.79 Å². The number of aromatic nitrogens is 1. The summed E-state index contributed by atoms with van der Waals surface area (Å²) in [6.45, 7) is 3.38. The highest BCUT2D eigenvalue weighted by Gasteiger charge is 2.16. The Labute approximate surface area is 165 Å². The van der Waals surface area contributed by atoms with Crippen LogP contribution in [-0.2, 0) is 9.53 Å². The molecule has 27 heavy (non-hydrogen) atoms. The number of nitrogens with zero attached hydrogens (tertiary/aromatic N) is 1. The zero-order chi connectivity index (χ0) is 19.4. The predicted molar refractivity (Wildman–Crippen MR) is 108 cm³/mol. The Morgan fingerprint density at radius 1 is 1.11 bits per heavy atom. The van der Waals surface area contributed by atoms with E-state index in [0.29, 0.717) is 22.2 Å². The molecule has 0 aliphatic rings. The number of benzene rings is 2. The van der Waals surface area contributed by atoms with Gasteiger partial charge in [-0.2, -0.15) is 0 Å². The maximum Gasteiger partial charge on any atom is 0.339 e. The van der Waals surface area contributed by atoms with E-state index in [1.165, 1.54) is 0 Å². The van der Waals surface area contributed by atoms with Crippen molar-refractivity contribution in [3.63, 3.8) is 0 Å². The van der Waals surface area contributed by atoms with Crippen molar-refractivity contribution in [2.75, 3.05) is 6.61 Å². The summed E-state index contributed by atoms with van der Waals surface area (Å²) < 4.78 is 6.18. The van der Waals surface area contributed by atoms with Crippen LogP contribution in [0.25, 0.3) is 22.2 Å². The second kappa shape index (κ2) is 8.31. The number of carbonyl (C=O) groups excluding carboxylic acids is 2. The molecule has 3 rings (SSSR count). The summed E-state index contributed by atoms with van der Waals surface area (Å²) in [5.41, 5.74) is 2.63. The van der Waals surface area contributed by atoms with Crippen LogP contribution < -0.4 is 5.32 Å². The molecular formula is C21H19BrN2O3. The van der Waals surface area contributed by atoms with E-state index < -0.39 is 5.97 Å². The van der Waals surface area contributed by atoms with Crippen LogP contribution in [-0.4, -0.2) is 29.5 Å². The molecule has 1 amide bonds. The van der Waals surface area contributed by atoms with Gasteiger partial charge in [0, 0.05) is 21.5 Å². The van der Waals surface area contributed by atoms with Gasteiger partial charge in [0.2, 0.25) is 0 Å². The van der Waals surface area contributed by atoms with E-state index >= 15 is 0 Å². The molecule has 0 radical (unpaired) electrons. The van der Waals surface area contributed by atoms with Crippen LogP contribution in [0.15, 0.2) is 59.1 Å². The molecule has 0 saturated carbocycles. The van der Waals surface area contributed by atoms with E-state index in [4.69, 9.17) is 4.74 Å². The van der Waals surface area contributed by atoms with Gasteiger partial charge in [0.1, 0.15) is 0 Å². The zero-order valence-electron chi connectivity index (χ0n) is 15.0. The van der Waals surface area contributed by atoms with E-state index in [1.807, 2.05) is 62.4 Å². The first kappa shape index (κ1) is 19.0. The quantitative estimate of drug-likeness (QED) is 0.615. The highest BCUT2D eigenvalue weighted by atomic mass is 79.9. The number of nitrogens with one attached hydrogen (secondary N) is 1. The highest BCUT2D eigenvalue weighted by Crippen LogP contribution is 2.26. The number of pyridine rings is 1. The van der Waals surface area contributed by atoms with Gasteiger partial charge < -0.3 is 10.1 Å². The average molecular weight is 427 g/mol. The highest BCUT2D eigenvalue weighted by molar-refractivity contribution is 9.10. The van der Waals surface area contributed by atoms with Gasteiger partial charge in [-0.15, -0.1) is 0 Å². The van der Waals surface area contributed by atoms with Gasteiger partial charge in [0.05, 0.1) is 16.8 Å². The lowest BCUT2D eigenvalue weighted by Crippen LogP contribution is -2.34. The molecule has 0 bridgehead atoms. The van der Waals surface area contributed by atoms with Crippen molar-refractivity contribution in [2.45, 2.75) is 19.9 Å². The Morgan fingerprint density at radius 2 is 1.81 bits per heavy atom. The summed E-state index contributed by atoms with van der Waals surface area (Å²) >= 11 is 3.41. The number of rotatable bonds is 5. The molecule has 0 aliphatic carbocycles. The van der Waals surface area contributed by atoms with E-state index in [-0.39, 0.29) is 18.6 Å². The second-order valence-electron chi connectivity index (χ2n) is 6.38. The third-order valence-electron chi connectivity index (χ3n) is 3.86. The molecule has 3 aromatic rings. The van der Waals surface area contributed by atoms with Crippen LogP contribution >= 0.6 is 15.9 Å². The number of carbonyl (C=O) groups is 2. The van der Waals surface area contributed by atoms with Crippen LogP contribution in [0.5, 0.6) is 0 Å². The molecule has 1 N–H and O–H groups in total. The van der Waals surface area contributed by atoms with Crippen molar-refractivity contribution < 1.29 is 14.3 Å². The number of amides is 1. The minimum atomic E-state index is -0.550. The van der Waals surface area contributed by atoms with E-state index in [9.17, 15) is 9.59 Å². The van der Waals surface area contributed by atoms with Crippen molar-refractivity contribution in [2.24, 2.45) is 0 Å². The normalized spacial score (nSPS) is 10.8. The number of halogens is 1. The SMILES string of the molecule is CC(C)NC(=O)COC(=O)c1cc(-c2ccc(Br)cc2)nc2ccccc12. The maximum atomic E-state index is 12.6. The first-order valence-corrected chi connectivity index (χ1v) is 9.35. The predicted octanol–water partition coefficient (Wildman–Crippen LogP) is 4.35. The third-order valence-corrected chi connectivity index (χ3v) is 4.39. The van der Waals surface area contributed by atoms with Gasteiger partial charge in [0.15, 0.2) is 6.61 Å². The van der Waals surface area contributed by atoms with Crippen molar-refractivity contribution in [3.8, 4) is 11.3 Å². The fourth-order valence-corrected chi connectivity index (χ4v) is 2.95. The average Bonchev–Trinajstić information content (AvgIpc) is 2.65. The Morgan fingerprint density at radius 3 is 2.52 bits per heavy atom. The molecule has 0 saturated heterocycles. The van der Waals surface area contributed by atoms with Gasteiger partial charge in [-0.25, -0.2) is 9.78 Å². The standard InChI is InChI=1S/C21H19BrN2O3/c1-13(2)23-20(25)12-27-21(26)17-11-19(14-7-9-15(22)10-8-14)24-18-6-4-3-5-16(17)18/h3-11,13H,12H2,1-2H3,(H,23,25). The van der Waals surface area contributed by atoms with Gasteiger partial charge in [-0.1, -0.05) is 46.3 Å². The largest absolute Gasteiger partial charge is 0.452 e. The number of para-hydroxylation sites is 1. The van der Waals surface area contributed by atoms with E-state index in [1.54, 1.807) is 6.07 Å². The first-order chi connectivity index (χ1) is 12.9. The molecular weight excluding hydrogens is 408 g/mol. The number of ether oxygens (including phenoxy) is 1. The molecule has 2 aromatic carbocycles. The Balaban J connectivity index is 1.94. The molecule has 1 heterocycles. The number of esters is 1. The Hall–Kier alpha value is -2.73. The molecule has 1 aromatic heterocycles. The summed E-state index contributed by atoms with van der Waals surface area (Å²) in [6, 6.07) is 16.7. The molecule has 0 unspecified atom stereocenters. The fraction of sp³-hybridized carbons (Fsp3) is 0.190. The molecule has 6 heteroatoms. The summed E-state index contributed by atoms with van der Waals surface area (Å²) in [5, 5.41) is 3.38. The molecule has 5 nitrogen and oxygen atoms in total.